The van der Waals surface area contributed by atoms with Crippen molar-refractivity contribution >= 4 is 11.0 Å². The fraction of sp³-hybridized carbons (Fsp3) is 0.292. The number of fused-ring (bicyclic) bond motifs is 1. The second kappa shape index (κ2) is 7.83. The van der Waals surface area contributed by atoms with E-state index in [0.29, 0.717) is 0 Å². The molecule has 0 bridgehead atoms. The third kappa shape index (κ3) is 3.42. The van der Waals surface area contributed by atoms with Crippen molar-refractivity contribution in [1.82, 2.24) is 4.57 Å². The van der Waals surface area contributed by atoms with Crippen molar-refractivity contribution in [2.24, 2.45) is 0 Å². The van der Waals surface area contributed by atoms with Crippen molar-refractivity contribution in [2.45, 2.75) is 45.7 Å². The van der Waals surface area contributed by atoms with E-state index < -0.39 is 0 Å². The molecule has 0 spiro atoms. The number of benzene rings is 2. The molecule has 0 N–H and O–H groups in total. The van der Waals surface area contributed by atoms with Crippen LogP contribution in [-0.4, -0.2) is 4.57 Å². The molecule has 1 unspecified atom stereocenters. The summed E-state index contributed by atoms with van der Waals surface area (Å²) < 4.78 is 11.1. The van der Waals surface area contributed by atoms with Gasteiger partial charge >= 0.3 is 0 Å². The van der Waals surface area contributed by atoms with E-state index in [1.807, 2.05) is 12.1 Å². The molecule has 0 aliphatic rings. The second-order valence-corrected chi connectivity index (χ2v) is 7.02. The maximum absolute atomic E-state index is 6.30. The van der Waals surface area contributed by atoms with Gasteiger partial charge in [0.05, 0.1) is 6.54 Å². The second-order valence-electron chi connectivity index (χ2n) is 7.02. The molecule has 4 rings (SSSR count). The van der Waals surface area contributed by atoms with E-state index in [1.165, 1.54) is 24.2 Å². The van der Waals surface area contributed by atoms with Crippen LogP contribution in [0.1, 0.15) is 49.9 Å². The first-order valence-electron chi connectivity index (χ1n) is 9.94. The molecule has 0 aliphatic carbocycles. The smallest absolute Gasteiger partial charge is 0.257 e. The van der Waals surface area contributed by atoms with E-state index in [4.69, 9.17) is 4.42 Å². The first kappa shape index (κ1) is 17.6. The Labute approximate surface area is 160 Å². The molecule has 0 fully saturated rings. The number of hydrogen-bond donors (Lipinski definition) is 0. The number of aryl methyl sites for hydroxylation is 1. The Hall–Kier alpha value is -2.81. The van der Waals surface area contributed by atoms with Crippen LogP contribution in [0.15, 0.2) is 77.5 Å². The SMILES string of the molecule is CCCC[n+]1ccn(C(c2ccccc2)c2cc3ccccc3o2)c1CC. The van der Waals surface area contributed by atoms with Crippen LogP contribution in [0.3, 0.4) is 0 Å². The summed E-state index contributed by atoms with van der Waals surface area (Å²) in [5, 5.41) is 1.15. The molecule has 0 aliphatic heterocycles. The van der Waals surface area contributed by atoms with Gasteiger partial charge in [0, 0.05) is 17.4 Å². The van der Waals surface area contributed by atoms with Gasteiger partial charge < -0.3 is 4.42 Å². The number of hydrogen-bond acceptors (Lipinski definition) is 1. The van der Waals surface area contributed by atoms with Gasteiger partial charge in [-0.2, -0.15) is 0 Å². The number of rotatable bonds is 7. The highest BCUT2D eigenvalue weighted by molar-refractivity contribution is 5.78. The predicted molar refractivity (Wildman–Crippen MR) is 109 cm³/mol. The van der Waals surface area contributed by atoms with Crippen LogP contribution in [0.2, 0.25) is 0 Å². The average Bonchev–Trinajstić information content (AvgIpc) is 3.31. The summed E-state index contributed by atoms with van der Waals surface area (Å²) in [6.07, 6.45) is 7.81. The number of aromatic nitrogens is 2. The van der Waals surface area contributed by atoms with Crippen molar-refractivity contribution in [1.29, 1.82) is 0 Å². The van der Waals surface area contributed by atoms with Crippen LogP contribution in [0.25, 0.3) is 11.0 Å². The minimum absolute atomic E-state index is 0.0384. The lowest BCUT2D eigenvalue weighted by Crippen LogP contribution is -2.37. The van der Waals surface area contributed by atoms with E-state index in [-0.39, 0.29) is 6.04 Å². The Bertz CT molecular complexity index is 980. The maximum Gasteiger partial charge on any atom is 0.257 e. The largest absolute Gasteiger partial charge is 0.456 e. The Morgan fingerprint density at radius 2 is 1.78 bits per heavy atom. The summed E-state index contributed by atoms with van der Waals surface area (Å²) in [7, 11) is 0. The summed E-state index contributed by atoms with van der Waals surface area (Å²) in [6.45, 7) is 5.54. The van der Waals surface area contributed by atoms with Gasteiger partial charge in [-0.25, -0.2) is 9.13 Å². The van der Waals surface area contributed by atoms with Gasteiger partial charge in [-0.3, -0.25) is 0 Å². The molecule has 2 heterocycles. The van der Waals surface area contributed by atoms with Crippen LogP contribution in [0.4, 0.5) is 0 Å². The zero-order chi connectivity index (χ0) is 18.6. The Morgan fingerprint density at radius 3 is 2.52 bits per heavy atom. The van der Waals surface area contributed by atoms with Gasteiger partial charge in [0.2, 0.25) is 0 Å². The quantitative estimate of drug-likeness (QED) is 0.398. The lowest BCUT2D eigenvalue weighted by atomic mass is 10.0. The zero-order valence-corrected chi connectivity index (χ0v) is 16.1. The molecule has 3 heteroatoms. The summed E-state index contributed by atoms with van der Waals surface area (Å²) >= 11 is 0. The van der Waals surface area contributed by atoms with Crippen LogP contribution in [-0.2, 0) is 13.0 Å². The van der Waals surface area contributed by atoms with Crippen LogP contribution in [0.5, 0.6) is 0 Å². The summed E-state index contributed by atoms with van der Waals surface area (Å²) in [4.78, 5) is 0. The Morgan fingerprint density at radius 1 is 1.00 bits per heavy atom. The average molecular weight is 359 g/mol. The molecular weight excluding hydrogens is 332 g/mol. The van der Waals surface area contributed by atoms with Crippen LogP contribution < -0.4 is 4.57 Å². The third-order valence-electron chi connectivity index (χ3n) is 5.21. The summed E-state index contributed by atoms with van der Waals surface area (Å²) in [6, 6.07) is 21.1. The van der Waals surface area contributed by atoms with E-state index in [2.05, 4.69) is 83.9 Å². The van der Waals surface area contributed by atoms with Crippen molar-refractivity contribution in [2.75, 3.05) is 0 Å². The molecule has 4 aromatic rings. The minimum Gasteiger partial charge on any atom is -0.456 e. The minimum atomic E-state index is 0.0384. The lowest BCUT2D eigenvalue weighted by molar-refractivity contribution is -0.704. The highest BCUT2D eigenvalue weighted by atomic mass is 16.3. The van der Waals surface area contributed by atoms with E-state index >= 15 is 0 Å². The molecular formula is C24H27N2O+. The molecule has 2 aromatic heterocycles. The molecule has 0 amide bonds. The molecule has 138 valence electrons. The first-order chi connectivity index (χ1) is 13.3. The van der Waals surface area contributed by atoms with Crippen molar-refractivity contribution in [3.63, 3.8) is 0 Å². The maximum atomic E-state index is 6.30. The standard InChI is InChI=1S/C24H27N2O/c1-3-5-15-25-16-17-26(23(25)4-2)24(19-11-7-6-8-12-19)22-18-20-13-9-10-14-21(20)27-22/h6-14,16-18,24H,3-5,15H2,1-2H3/q+1. The van der Waals surface area contributed by atoms with Crippen molar-refractivity contribution in [3.05, 3.63) is 90.2 Å². The number of nitrogens with zero attached hydrogens (tertiary/aromatic N) is 2. The Kier molecular flexibility index (Phi) is 5.10. The Balaban J connectivity index is 1.85. The normalized spacial score (nSPS) is 12.5. The molecule has 0 radical (unpaired) electrons. The lowest BCUT2D eigenvalue weighted by Gasteiger charge is -2.14. The molecule has 0 saturated heterocycles. The summed E-state index contributed by atoms with van der Waals surface area (Å²) in [5.74, 6) is 2.31. The van der Waals surface area contributed by atoms with Crippen LogP contribution in [0, 0.1) is 0 Å². The monoisotopic (exact) mass is 359 g/mol. The number of para-hydroxylation sites is 1. The van der Waals surface area contributed by atoms with Gasteiger partial charge in [0.1, 0.15) is 18.0 Å². The van der Waals surface area contributed by atoms with Gasteiger partial charge in [0.15, 0.2) is 11.8 Å². The van der Waals surface area contributed by atoms with Gasteiger partial charge in [-0.05, 0) is 18.6 Å². The number of unbranched alkanes of at least 4 members (excludes halogenated alkanes) is 1. The fourth-order valence-electron chi connectivity index (χ4n) is 3.86. The highest BCUT2D eigenvalue weighted by Gasteiger charge is 2.29. The topological polar surface area (TPSA) is 21.9 Å². The number of imidazole rings is 1. The summed E-state index contributed by atoms with van der Waals surface area (Å²) in [5.41, 5.74) is 2.18. The molecule has 3 nitrogen and oxygen atoms in total. The highest BCUT2D eigenvalue weighted by Crippen LogP contribution is 2.32. The van der Waals surface area contributed by atoms with E-state index in [0.717, 1.165) is 29.7 Å². The third-order valence-corrected chi connectivity index (χ3v) is 5.21. The van der Waals surface area contributed by atoms with Crippen molar-refractivity contribution in [3.8, 4) is 0 Å². The van der Waals surface area contributed by atoms with Gasteiger partial charge in [0.25, 0.3) is 5.82 Å². The van der Waals surface area contributed by atoms with Crippen LogP contribution >= 0.6 is 0 Å². The zero-order valence-electron chi connectivity index (χ0n) is 16.1. The molecule has 2 aromatic carbocycles. The molecule has 1 atom stereocenters. The van der Waals surface area contributed by atoms with Gasteiger partial charge in [-0.15, -0.1) is 0 Å². The van der Waals surface area contributed by atoms with Gasteiger partial charge in [-0.1, -0.05) is 68.8 Å². The first-order valence-corrected chi connectivity index (χ1v) is 9.94. The predicted octanol–water partition coefficient (Wildman–Crippen LogP) is 5.52. The van der Waals surface area contributed by atoms with Crippen molar-refractivity contribution < 1.29 is 8.98 Å². The molecule has 0 saturated carbocycles. The molecule has 27 heavy (non-hydrogen) atoms. The van der Waals surface area contributed by atoms with E-state index in [1.54, 1.807) is 0 Å². The number of furan rings is 1. The van der Waals surface area contributed by atoms with E-state index in [9.17, 15) is 0 Å². The fourth-order valence-corrected chi connectivity index (χ4v) is 3.86.